The zero-order valence-electron chi connectivity index (χ0n) is 15.4. The molecule has 0 heterocycles. The van der Waals surface area contributed by atoms with Gasteiger partial charge in [-0.15, -0.1) is 0 Å². The normalized spacial score (nSPS) is 10.0. The van der Waals surface area contributed by atoms with Crippen LogP contribution in [0.5, 0.6) is 0 Å². The molecule has 0 amide bonds. The summed E-state index contributed by atoms with van der Waals surface area (Å²) in [6, 6.07) is 0. The van der Waals surface area contributed by atoms with Crippen LogP contribution in [0.25, 0.3) is 0 Å². The van der Waals surface area contributed by atoms with E-state index in [1.165, 1.54) is 27.7 Å². The minimum Gasteiger partial charge on any atom is -0.333 e. The zero-order valence-corrected chi connectivity index (χ0v) is 17.4. The number of hydroxylamine groups is 4. The molecule has 0 spiro atoms. The predicted octanol–water partition coefficient (Wildman–Crippen LogP) is 0.682. The zero-order chi connectivity index (χ0) is 18.5. The van der Waals surface area contributed by atoms with E-state index >= 15 is 0 Å². The third-order valence-electron chi connectivity index (χ3n) is 2.35. The number of carbonyl (C=O) groups excluding carboxylic acids is 4. The van der Waals surface area contributed by atoms with Gasteiger partial charge >= 0.3 is 23.9 Å². The summed E-state index contributed by atoms with van der Waals surface area (Å²) in [4.78, 5) is 62.4. The smallest absolute Gasteiger partial charge is 0.326 e. The van der Waals surface area contributed by atoms with E-state index in [4.69, 9.17) is 19.4 Å². The quantitative estimate of drug-likeness (QED) is 0.292. The van der Waals surface area contributed by atoms with Crippen molar-refractivity contribution in [1.82, 2.24) is 10.5 Å². The Morgan fingerprint density at radius 1 is 0.560 bits per heavy atom. The second-order valence-electron chi connectivity index (χ2n) is 4.86. The molecule has 139 valence electrons. The minimum absolute atomic E-state index is 0. The molecule has 0 bridgehead atoms. The molecule has 0 N–H and O–H groups in total. The van der Waals surface area contributed by atoms with E-state index in [0.717, 1.165) is 23.3 Å². The first-order valence-electron chi connectivity index (χ1n) is 7.50. The molecule has 0 aromatic carbocycles. The van der Waals surface area contributed by atoms with Gasteiger partial charge in [-0.3, -0.25) is 19.2 Å². The van der Waals surface area contributed by atoms with Crippen molar-refractivity contribution in [2.45, 2.75) is 53.4 Å². The number of unbranched alkanes of at least 4 members (excludes halogenated alkanes) is 3. The fraction of sp³-hybridized carbons (Fsp3) is 0.714. The Hall–Kier alpha value is -1.20. The van der Waals surface area contributed by atoms with Crippen molar-refractivity contribution in [1.29, 1.82) is 0 Å². The van der Waals surface area contributed by atoms with Gasteiger partial charge in [0, 0.05) is 67.7 Å². The topological polar surface area (TPSA) is 112 Å². The summed E-state index contributed by atoms with van der Waals surface area (Å²) in [5.41, 5.74) is 0. The van der Waals surface area contributed by atoms with E-state index in [0.29, 0.717) is 12.8 Å². The van der Waals surface area contributed by atoms with Crippen molar-refractivity contribution in [2.75, 3.05) is 13.1 Å². The molecule has 0 aromatic heterocycles. The summed E-state index contributed by atoms with van der Waals surface area (Å²) in [5.74, 6) is -2.35. The first kappa shape index (κ1) is 26.0. The molecule has 0 aromatic rings. The van der Waals surface area contributed by atoms with Crippen molar-refractivity contribution in [3.63, 3.8) is 0 Å². The van der Waals surface area contributed by atoms with E-state index < -0.39 is 23.9 Å². The molecule has 0 aliphatic carbocycles. The van der Waals surface area contributed by atoms with Crippen molar-refractivity contribution in [3.8, 4) is 0 Å². The fourth-order valence-electron chi connectivity index (χ4n) is 1.63. The van der Waals surface area contributed by atoms with Gasteiger partial charge in [0.2, 0.25) is 0 Å². The molecule has 0 fully saturated rings. The maximum atomic E-state index is 10.9. The Kier molecular flexibility index (Phi) is 15.7. The minimum atomic E-state index is -0.588. The Morgan fingerprint density at radius 3 is 1.00 bits per heavy atom. The summed E-state index contributed by atoms with van der Waals surface area (Å²) >= 11 is 0. The van der Waals surface area contributed by atoms with Crippen LogP contribution in [0.4, 0.5) is 0 Å². The van der Waals surface area contributed by atoms with Crippen LogP contribution in [-0.2, 0) is 38.5 Å². The van der Waals surface area contributed by atoms with Gasteiger partial charge in [0.15, 0.2) is 0 Å². The first-order valence-corrected chi connectivity index (χ1v) is 7.50. The van der Waals surface area contributed by atoms with Gasteiger partial charge < -0.3 is 19.4 Å². The Balaban J connectivity index is 0. The van der Waals surface area contributed by atoms with E-state index in [-0.39, 0.29) is 42.6 Å². The molecule has 0 unspecified atom stereocenters. The van der Waals surface area contributed by atoms with Crippen LogP contribution in [0.15, 0.2) is 0 Å². The molecule has 0 aliphatic rings. The molecule has 0 saturated heterocycles. The van der Waals surface area contributed by atoms with Crippen LogP contribution in [0.1, 0.15) is 53.4 Å². The first-order chi connectivity index (χ1) is 11.2. The van der Waals surface area contributed by atoms with Crippen molar-refractivity contribution in [2.24, 2.45) is 0 Å². The molecule has 11 heteroatoms. The summed E-state index contributed by atoms with van der Waals surface area (Å²) < 4.78 is 0. The maximum Gasteiger partial charge on any atom is 0.326 e. The van der Waals surface area contributed by atoms with Gasteiger partial charge in [-0.1, -0.05) is 12.8 Å². The Morgan fingerprint density at radius 2 is 0.800 bits per heavy atom. The second-order valence-corrected chi connectivity index (χ2v) is 4.86. The average molecular weight is 371 g/mol. The average Bonchev–Trinajstić information content (AvgIpc) is 2.39. The number of carbonyl (C=O) groups is 4. The maximum absolute atomic E-state index is 10.9. The van der Waals surface area contributed by atoms with Crippen LogP contribution >= 0.6 is 0 Å². The van der Waals surface area contributed by atoms with E-state index in [1.807, 2.05) is 0 Å². The molecule has 0 rings (SSSR count). The summed E-state index contributed by atoms with van der Waals surface area (Å²) in [6.07, 6.45) is 2.66. The second kappa shape index (κ2) is 15.1. The molecule has 0 aliphatic heterocycles. The number of rotatable bonds is 11. The molecule has 0 saturated carbocycles. The van der Waals surface area contributed by atoms with Gasteiger partial charge in [-0.2, -0.15) is 0 Å². The van der Waals surface area contributed by atoms with Crippen molar-refractivity contribution < 1.29 is 38.5 Å². The van der Waals surface area contributed by atoms with Crippen LogP contribution < -0.4 is 0 Å². The van der Waals surface area contributed by atoms with E-state index in [2.05, 4.69) is 0 Å². The molecule has 0 atom stereocenters. The largest absolute Gasteiger partial charge is 0.333 e. The van der Waals surface area contributed by atoms with Gasteiger partial charge in [-0.25, -0.2) is 0 Å². The van der Waals surface area contributed by atoms with E-state index in [9.17, 15) is 19.2 Å². The summed E-state index contributed by atoms with van der Waals surface area (Å²) in [7, 11) is 0. The van der Waals surface area contributed by atoms with Crippen molar-refractivity contribution >= 4 is 53.4 Å². The molecular formula is C14H24N2NaO8. The van der Waals surface area contributed by atoms with Crippen LogP contribution in [0.3, 0.4) is 0 Å². The van der Waals surface area contributed by atoms with E-state index in [1.54, 1.807) is 0 Å². The fourth-order valence-corrected chi connectivity index (χ4v) is 1.63. The molecular weight excluding hydrogens is 347 g/mol. The number of nitrogens with zero attached hydrogens (tertiary/aromatic N) is 2. The Bertz CT molecular complexity index is 375. The number of hydrogen-bond acceptors (Lipinski definition) is 10. The summed E-state index contributed by atoms with van der Waals surface area (Å²) in [5, 5.41) is 1.68. The molecule has 1 radical (unpaired) electrons. The monoisotopic (exact) mass is 371 g/mol. The van der Waals surface area contributed by atoms with Crippen molar-refractivity contribution in [3.05, 3.63) is 0 Å². The predicted molar refractivity (Wildman–Crippen MR) is 84.7 cm³/mol. The third-order valence-corrected chi connectivity index (χ3v) is 2.35. The standard InChI is InChI=1S/C14H24N2O8.Na/c1-11(17)21-15(22-12(2)18)9-7-5-6-8-10-16(23-13(3)19)24-14(4)20;/h5-10H2,1-4H3;. The molecule has 25 heavy (non-hydrogen) atoms. The van der Waals surface area contributed by atoms with Crippen LogP contribution in [-0.4, -0.2) is 77.0 Å². The molecule has 10 nitrogen and oxygen atoms in total. The summed E-state index contributed by atoms with van der Waals surface area (Å²) in [6.45, 7) is 5.28. The van der Waals surface area contributed by atoms with Crippen LogP contribution in [0.2, 0.25) is 0 Å². The SMILES string of the molecule is CC(=O)ON(CCCCCCN(OC(C)=O)OC(C)=O)OC(C)=O.[Na]. The third kappa shape index (κ3) is 17.4. The van der Waals surface area contributed by atoms with Gasteiger partial charge in [-0.05, 0) is 12.8 Å². The number of hydrogen-bond donors (Lipinski definition) is 0. The van der Waals surface area contributed by atoms with Crippen LogP contribution in [0, 0.1) is 0 Å². The van der Waals surface area contributed by atoms with Gasteiger partial charge in [0.25, 0.3) is 0 Å². The van der Waals surface area contributed by atoms with Gasteiger partial charge in [0.1, 0.15) is 0 Å². The Labute approximate surface area is 168 Å². The van der Waals surface area contributed by atoms with Gasteiger partial charge in [0.05, 0.1) is 13.1 Å².